The zero-order valence-corrected chi connectivity index (χ0v) is 15.1. The maximum Gasteiger partial charge on any atom is 2.00 e. The molecule has 0 spiro atoms. The van der Waals surface area contributed by atoms with Gasteiger partial charge in [0.2, 0.25) is 0 Å². The number of nitrogens with zero attached hydrogens (tertiary/aromatic N) is 1. The monoisotopic (exact) mass is 292 g/mol. The third kappa shape index (κ3) is 9.58. The third-order valence-corrected chi connectivity index (χ3v) is 2.09. The van der Waals surface area contributed by atoms with E-state index >= 15 is 0 Å². The number of hydrogen-bond donors (Lipinski definition) is 0. The topological polar surface area (TPSA) is 29.5 Å². The molecule has 0 radical (unpaired) electrons. The average molecular weight is 294 g/mol. The fraction of sp³-hybridized carbons (Fsp3) is 0.846. The van der Waals surface area contributed by atoms with Gasteiger partial charge in [0.05, 0.1) is 0 Å². The van der Waals surface area contributed by atoms with E-state index in [1.54, 1.807) is 4.90 Å². The summed E-state index contributed by atoms with van der Waals surface area (Å²) in [7, 11) is 0. The fourth-order valence-electron chi connectivity index (χ4n) is 1.44. The summed E-state index contributed by atoms with van der Waals surface area (Å²) < 4.78 is 5.31. The van der Waals surface area contributed by atoms with Crippen LogP contribution in [0.3, 0.4) is 0 Å². The van der Waals surface area contributed by atoms with Crippen molar-refractivity contribution in [2.75, 3.05) is 13.1 Å². The molecule has 1 amide bonds. The summed E-state index contributed by atoms with van der Waals surface area (Å²) in [6.45, 7) is 11.3. The Morgan fingerprint density at radius 2 is 1.76 bits per heavy atom. The van der Waals surface area contributed by atoms with Crippen LogP contribution < -0.4 is 0 Å². The van der Waals surface area contributed by atoms with Gasteiger partial charge in [-0.25, -0.2) is 4.79 Å². The molecule has 17 heavy (non-hydrogen) atoms. The van der Waals surface area contributed by atoms with E-state index in [0.29, 0.717) is 0 Å². The molecule has 1 rings (SSSR count). The summed E-state index contributed by atoms with van der Waals surface area (Å²) in [5.74, 6) is 0. The van der Waals surface area contributed by atoms with E-state index in [4.69, 9.17) is 4.74 Å². The second-order valence-electron chi connectivity index (χ2n) is 4.69. The number of amides is 1. The Kier molecular flexibility index (Phi) is 11.2. The van der Waals surface area contributed by atoms with Crippen molar-refractivity contribution in [3.63, 3.8) is 0 Å². The molecule has 0 N–H and O–H groups in total. The number of carbonyl (C=O) groups is 1. The molecule has 1 aliphatic rings. The van der Waals surface area contributed by atoms with Crippen molar-refractivity contribution in [2.24, 2.45) is 0 Å². The zero-order chi connectivity index (χ0) is 12.6. The molecule has 1 aliphatic heterocycles. The molecule has 0 bridgehead atoms. The summed E-state index contributed by atoms with van der Waals surface area (Å²) in [6.07, 6.45) is 5.22. The Hall–Kier alpha value is -0.107. The van der Waals surface area contributed by atoms with Gasteiger partial charge in [0.1, 0.15) is 5.60 Å². The van der Waals surface area contributed by atoms with Crippen LogP contribution in [0.25, 0.3) is 0 Å². The van der Waals surface area contributed by atoms with Crippen LogP contribution in [0.5, 0.6) is 0 Å². The molecule has 0 aromatic heterocycles. The van der Waals surface area contributed by atoms with Crippen LogP contribution in [-0.4, -0.2) is 29.7 Å². The minimum atomic E-state index is -0.382. The summed E-state index contributed by atoms with van der Waals surface area (Å²) in [5.41, 5.74) is -0.382. The standard InChI is InChI=1S/C11H20NO2.C2H6.Zn/c1-11(2,3)14-10(13)12-8-6-4-5-7-9-12;1-2;/h4H,5-9H2,1-3H3;1-2H3;/q-1;;+2. The van der Waals surface area contributed by atoms with E-state index in [2.05, 4.69) is 6.42 Å². The van der Waals surface area contributed by atoms with Gasteiger partial charge < -0.3 is 16.1 Å². The third-order valence-electron chi connectivity index (χ3n) is 2.09. The zero-order valence-electron chi connectivity index (χ0n) is 12.1. The van der Waals surface area contributed by atoms with Crippen molar-refractivity contribution in [3.05, 3.63) is 6.42 Å². The second kappa shape index (κ2) is 9.88. The summed E-state index contributed by atoms with van der Waals surface area (Å²) >= 11 is 0. The number of likely N-dealkylation sites (tertiary alicyclic amines) is 1. The number of carbonyl (C=O) groups excluding carboxylic acids is 1. The van der Waals surface area contributed by atoms with Crippen LogP contribution in [-0.2, 0) is 24.2 Å². The van der Waals surface area contributed by atoms with Crippen molar-refractivity contribution in [2.45, 2.75) is 59.5 Å². The summed E-state index contributed by atoms with van der Waals surface area (Å²) in [6, 6.07) is 0. The van der Waals surface area contributed by atoms with Gasteiger partial charge in [0, 0.05) is 6.54 Å². The first-order valence-corrected chi connectivity index (χ1v) is 6.28. The van der Waals surface area contributed by atoms with Crippen molar-refractivity contribution >= 4 is 6.09 Å². The predicted octanol–water partition coefficient (Wildman–Crippen LogP) is 3.64. The molecule has 96 valence electrons. The van der Waals surface area contributed by atoms with Crippen LogP contribution in [0.1, 0.15) is 53.9 Å². The van der Waals surface area contributed by atoms with Crippen LogP contribution in [0.4, 0.5) is 4.79 Å². The van der Waals surface area contributed by atoms with Gasteiger partial charge in [-0.05, 0) is 27.3 Å². The number of ether oxygens (including phenoxy) is 1. The van der Waals surface area contributed by atoms with Crippen molar-refractivity contribution in [1.82, 2.24) is 4.90 Å². The van der Waals surface area contributed by atoms with Gasteiger partial charge >= 0.3 is 25.6 Å². The number of rotatable bonds is 0. The van der Waals surface area contributed by atoms with Crippen LogP contribution in [0, 0.1) is 6.42 Å². The number of hydrogen-bond acceptors (Lipinski definition) is 2. The molecular formula is C13H26NO2Zn+. The molecule has 4 heteroatoms. The van der Waals surface area contributed by atoms with E-state index in [-0.39, 0.29) is 31.2 Å². The molecule has 0 aromatic rings. The smallest absolute Gasteiger partial charge is 0.444 e. The van der Waals surface area contributed by atoms with Gasteiger partial charge in [0.25, 0.3) is 0 Å². The molecule has 1 heterocycles. The second-order valence-corrected chi connectivity index (χ2v) is 4.69. The first-order chi connectivity index (χ1) is 7.49. The maximum absolute atomic E-state index is 11.7. The molecule has 0 atom stereocenters. The van der Waals surface area contributed by atoms with Gasteiger partial charge in [-0.15, -0.1) is 0 Å². The molecule has 3 nitrogen and oxygen atoms in total. The van der Waals surface area contributed by atoms with Crippen LogP contribution in [0.2, 0.25) is 0 Å². The molecule has 1 fully saturated rings. The Morgan fingerprint density at radius 3 is 2.29 bits per heavy atom. The summed E-state index contributed by atoms with van der Waals surface area (Å²) in [4.78, 5) is 13.5. The molecular weight excluding hydrogens is 268 g/mol. The van der Waals surface area contributed by atoms with E-state index < -0.39 is 0 Å². The van der Waals surface area contributed by atoms with Gasteiger partial charge in [-0.3, -0.25) is 0 Å². The van der Waals surface area contributed by atoms with Gasteiger partial charge in [-0.1, -0.05) is 20.3 Å². The average Bonchev–Trinajstić information content (AvgIpc) is 2.46. The van der Waals surface area contributed by atoms with Crippen molar-refractivity contribution in [3.8, 4) is 0 Å². The quantitative estimate of drug-likeness (QED) is 0.504. The SMILES string of the molecule is CC.CC(C)(C)OC(=O)N1CC[CH-]CCC1.[Zn+2]. The molecule has 0 aromatic carbocycles. The Labute approximate surface area is 119 Å². The fourth-order valence-corrected chi connectivity index (χ4v) is 1.44. The van der Waals surface area contributed by atoms with E-state index in [9.17, 15) is 4.79 Å². The van der Waals surface area contributed by atoms with E-state index in [0.717, 1.165) is 32.4 Å². The molecule has 0 aliphatic carbocycles. The molecule has 0 saturated carbocycles. The predicted molar refractivity (Wildman–Crippen MR) is 67.3 cm³/mol. The molecule has 0 unspecified atom stereocenters. The maximum atomic E-state index is 11.7. The van der Waals surface area contributed by atoms with Gasteiger partial charge in [0.15, 0.2) is 0 Å². The van der Waals surface area contributed by atoms with Crippen LogP contribution >= 0.6 is 0 Å². The van der Waals surface area contributed by atoms with Gasteiger partial charge in [-0.2, -0.15) is 12.8 Å². The van der Waals surface area contributed by atoms with Crippen molar-refractivity contribution < 1.29 is 29.0 Å². The largest absolute Gasteiger partial charge is 2.00 e. The Balaban J connectivity index is 0. The summed E-state index contributed by atoms with van der Waals surface area (Å²) in [5, 5.41) is 0. The Morgan fingerprint density at radius 1 is 1.18 bits per heavy atom. The minimum Gasteiger partial charge on any atom is -0.444 e. The first kappa shape index (κ1) is 19.2. The minimum absolute atomic E-state index is 0. The van der Waals surface area contributed by atoms with E-state index in [1.807, 2.05) is 34.6 Å². The normalized spacial score (nSPS) is 15.9. The van der Waals surface area contributed by atoms with Crippen molar-refractivity contribution in [1.29, 1.82) is 0 Å². The first-order valence-electron chi connectivity index (χ1n) is 6.28. The van der Waals surface area contributed by atoms with Crippen LogP contribution in [0.15, 0.2) is 0 Å². The molecule has 1 saturated heterocycles. The Bertz CT molecular complexity index is 194. The van der Waals surface area contributed by atoms with E-state index in [1.165, 1.54) is 0 Å².